The van der Waals surface area contributed by atoms with Gasteiger partial charge in [-0.05, 0) is 43.0 Å². The first-order chi connectivity index (χ1) is 7.65. The smallest absolute Gasteiger partial charge is 0.0451 e. The zero-order chi connectivity index (χ0) is 11.5. The van der Waals surface area contributed by atoms with E-state index < -0.39 is 0 Å². The van der Waals surface area contributed by atoms with Gasteiger partial charge in [0.2, 0.25) is 0 Å². The fourth-order valence-corrected chi connectivity index (χ4v) is 2.49. The zero-order valence-electron chi connectivity index (χ0n) is 9.47. The second-order valence-corrected chi connectivity index (χ2v) is 6.02. The molecule has 1 unspecified atom stereocenters. The van der Waals surface area contributed by atoms with Gasteiger partial charge in [-0.25, -0.2) is 0 Å². The summed E-state index contributed by atoms with van der Waals surface area (Å²) in [5.41, 5.74) is 1.17. The van der Waals surface area contributed by atoms with Gasteiger partial charge in [-0.15, -0.1) is 0 Å². The lowest BCUT2D eigenvalue weighted by atomic mass is 10.1. The highest BCUT2D eigenvalue weighted by atomic mass is 79.9. The summed E-state index contributed by atoms with van der Waals surface area (Å²) in [5, 5.41) is 4.37. The Morgan fingerprint density at radius 1 is 1.50 bits per heavy atom. The van der Waals surface area contributed by atoms with Crippen LogP contribution in [0.3, 0.4) is 0 Å². The van der Waals surface area contributed by atoms with Gasteiger partial charge in [-0.3, -0.25) is 0 Å². The molecule has 0 heterocycles. The van der Waals surface area contributed by atoms with Gasteiger partial charge >= 0.3 is 0 Å². The Kier molecular flexibility index (Phi) is 4.28. The molecule has 3 heteroatoms. The van der Waals surface area contributed by atoms with Gasteiger partial charge in [0.15, 0.2) is 0 Å². The molecule has 2 rings (SSSR count). The molecule has 1 nitrogen and oxygen atoms in total. The molecule has 0 spiro atoms. The molecule has 0 aliphatic heterocycles. The van der Waals surface area contributed by atoms with E-state index in [-0.39, 0.29) is 0 Å². The highest BCUT2D eigenvalue weighted by Crippen LogP contribution is 2.33. The number of halogens is 2. The number of rotatable bonds is 5. The third kappa shape index (κ3) is 3.76. The standard InChI is InChI=1S/C13H17BrClN/c1-9(6-10-2-3-10)16-8-11-7-12(14)4-5-13(11)15/h4-5,7,9-10,16H,2-3,6,8H2,1H3. The maximum Gasteiger partial charge on any atom is 0.0451 e. The first-order valence-electron chi connectivity index (χ1n) is 5.82. The van der Waals surface area contributed by atoms with E-state index in [0.717, 1.165) is 22.0 Å². The fourth-order valence-electron chi connectivity index (χ4n) is 1.90. The maximum atomic E-state index is 6.14. The highest BCUT2D eigenvalue weighted by Gasteiger charge is 2.23. The van der Waals surface area contributed by atoms with Gasteiger partial charge in [-0.2, -0.15) is 0 Å². The Hall–Kier alpha value is -0.0500. The quantitative estimate of drug-likeness (QED) is 0.851. The Balaban J connectivity index is 1.85. The van der Waals surface area contributed by atoms with E-state index >= 15 is 0 Å². The molecule has 1 saturated carbocycles. The fraction of sp³-hybridized carbons (Fsp3) is 0.538. The summed E-state index contributed by atoms with van der Waals surface area (Å²) in [6.45, 7) is 3.11. The van der Waals surface area contributed by atoms with Crippen LogP contribution < -0.4 is 5.32 Å². The van der Waals surface area contributed by atoms with Crippen molar-refractivity contribution in [2.75, 3.05) is 0 Å². The van der Waals surface area contributed by atoms with Crippen molar-refractivity contribution in [1.82, 2.24) is 5.32 Å². The SMILES string of the molecule is CC(CC1CC1)NCc1cc(Br)ccc1Cl. The lowest BCUT2D eigenvalue weighted by Gasteiger charge is -2.14. The van der Waals surface area contributed by atoms with Crippen molar-refractivity contribution in [3.8, 4) is 0 Å². The summed E-state index contributed by atoms with van der Waals surface area (Å²) in [7, 11) is 0. The summed E-state index contributed by atoms with van der Waals surface area (Å²) >= 11 is 9.60. The number of hydrogen-bond donors (Lipinski definition) is 1. The van der Waals surface area contributed by atoms with E-state index in [1.165, 1.54) is 24.8 Å². The van der Waals surface area contributed by atoms with Gasteiger partial charge in [-0.1, -0.05) is 40.4 Å². The van der Waals surface area contributed by atoms with Crippen molar-refractivity contribution in [3.63, 3.8) is 0 Å². The normalized spacial score (nSPS) is 17.4. The molecule has 1 N–H and O–H groups in total. The van der Waals surface area contributed by atoms with E-state index in [1.807, 2.05) is 12.1 Å². The number of nitrogens with one attached hydrogen (secondary N) is 1. The molecule has 0 amide bonds. The molecule has 1 aromatic carbocycles. The molecule has 1 aliphatic rings. The van der Waals surface area contributed by atoms with Crippen molar-refractivity contribution < 1.29 is 0 Å². The van der Waals surface area contributed by atoms with E-state index in [2.05, 4.69) is 34.2 Å². The van der Waals surface area contributed by atoms with Crippen LogP contribution in [-0.2, 0) is 6.54 Å². The predicted octanol–water partition coefficient (Wildman–Crippen LogP) is 4.38. The van der Waals surface area contributed by atoms with Crippen molar-refractivity contribution in [3.05, 3.63) is 33.3 Å². The Morgan fingerprint density at radius 3 is 2.94 bits per heavy atom. The predicted molar refractivity (Wildman–Crippen MR) is 72.8 cm³/mol. The van der Waals surface area contributed by atoms with E-state index in [1.54, 1.807) is 0 Å². The molecule has 1 aliphatic carbocycles. The monoisotopic (exact) mass is 301 g/mol. The van der Waals surface area contributed by atoms with Crippen LogP contribution in [0.5, 0.6) is 0 Å². The second kappa shape index (κ2) is 5.52. The van der Waals surface area contributed by atoms with Crippen LogP contribution in [0.1, 0.15) is 31.7 Å². The average Bonchev–Trinajstić information content (AvgIpc) is 3.03. The van der Waals surface area contributed by atoms with E-state index in [9.17, 15) is 0 Å². The minimum absolute atomic E-state index is 0.586. The summed E-state index contributed by atoms with van der Waals surface area (Å²) in [5.74, 6) is 0.973. The van der Waals surface area contributed by atoms with Gasteiger partial charge in [0.25, 0.3) is 0 Å². The first-order valence-corrected chi connectivity index (χ1v) is 6.99. The molecule has 0 bridgehead atoms. The van der Waals surface area contributed by atoms with Crippen LogP contribution in [0.4, 0.5) is 0 Å². The Bertz CT molecular complexity index is 363. The largest absolute Gasteiger partial charge is 0.310 e. The highest BCUT2D eigenvalue weighted by molar-refractivity contribution is 9.10. The van der Waals surface area contributed by atoms with Crippen LogP contribution in [-0.4, -0.2) is 6.04 Å². The Labute approximate surface area is 111 Å². The molecular formula is C13H17BrClN. The van der Waals surface area contributed by atoms with Crippen LogP contribution in [0.25, 0.3) is 0 Å². The van der Waals surface area contributed by atoms with Gasteiger partial charge in [0.1, 0.15) is 0 Å². The molecular weight excluding hydrogens is 286 g/mol. The van der Waals surface area contributed by atoms with Crippen molar-refractivity contribution in [2.24, 2.45) is 5.92 Å². The molecule has 88 valence electrons. The lowest BCUT2D eigenvalue weighted by Crippen LogP contribution is -2.26. The maximum absolute atomic E-state index is 6.14. The second-order valence-electron chi connectivity index (χ2n) is 4.70. The minimum Gasteiger partial charge on any atom is -0.310 e. The van der Waals surface area contributed by atoms with Gasteiger partial charge in [0.05, 0.1) is 0 Å². The van der Waals surface area contributed by atoms with Crippen LogP contribution in [0.15, 0.2) is 22.7 Å². The van der Waals surface area contributed by atoms with E-state index in [4.69, 9.17) is 11.6 Å². The number of hydrogen-bond acceptors (Lipinski definition) is 1. The Morgan fingerprint density at radius 2 is 2.25 bits per heavy atom. The van der Waals surface area contributed by atoms with E-state index in [0.29, 0.717) is 6.04 Å². The minimum atomic E-state index is 0.586. The van der Waals surface area contributed by atoms with Crippen molar-refractivity contribution in [1.29, 1.82) is 0 Å². The number of benzene rings is 1. The first kappa shape index (κ1) is 12.4. The summed E-state index contributed by atoms with van der Waals surface area (Å²) in [6, 6.07) is 6.58. The van der Waals surface area contributed by atoms with Crippen molar-refractivity contribution >= 4 is 27.5 Å². The molecule has 1 fully saturated rings. The molecule has 0 aromatic heterocycles. The molecule has 1 atom stereocenters. The molecule has 1 aromatic rings. The molecule has 16 heavy (non-hydrogen) atoms. The van der Waals surface area contributed by atoms with Crippen molar-refractivity contribution in [2.45, 2.75) is 38.8 Å². The summed E-state index contributed by atoms with van der Waals surface area (Å²) in [4.78, 5) is 0. The molecule has 0 saturated heterocycles. The summed E-state index contributed by atoms with van der Waals surface area (Å²) in [6.07, 6.45) is 4.14. The van der Waals surface area contributed by atoms with Crippen LogP contribution >= 0.6 is 27.5 Å². The topological polar surface area (TPSA) is 12.0 Å². The van der Waals surface area contributed by atoms with Gasteiger partial charge < -0.3 is 5.32 Å². The molecule has 0 radical (unpaired) electrons. The van der Waals surface area contributed by atoms with Gasteiger partial charge in [0, 0.05) is 22.1 Å². The third-order valence-electron chi connectivity index (χ3n) is 3.03. The zero-order valence-corrected chi connectivity index (χ0v) is 11.8. The summed E-state index contributed by atoms with van der Waals surface area (Å²) < 4.78 is 1.09. The lowest BCUT2D eigenvalue weighted by molar-refractivity contribution is 0.487. The average molecular weight is 303 g/mol. The van der Waals surface area contributed by atoms with Crippen LogP contribution in [0.2, 0.25) is 5.02 Å². The third-order valence-corrected chi connectivity index (χ3v) is 3.89. The van der Waals surface area contributed by atoms with Crippen LogP contribution in [0, 0.1) is 5.92 Å².